The lowest BCUT2D eigenvalue weighted by atomic mass is 9.95. The van der Waals surface area contributed by atoms with Gasteiger partial charge in [0.25, 0.3) is 5.91 Å². The maximum atomic E-state index is 12.7. The molecule has 2 fully saturated rings. The van der Waals surface area contributed by atoms with Crippen molar-refractivity contribution in [3.05, 3.63) is 28.8 Å². The number of carbonyl (C=O) groups excluding carboxylic acids is 2. The Labute approximate surface area is 165 Å². The molecule has 0 aromatic heterocycles. The van der Waals surface area contributed by atoms with Crippen molar-refractivity contribution in [3.63, 3.8) is 0 Å². The third-order valence-electron chi connectivity index (χ3n) is 5.46. The van der Waals surface area contributed by atoms with E-state index in [1.165, 1.54) is 0 Å². The molecule has 1 aromatic carbocycles. The molecule has 6 nitrogen and oxygen atoms in total. The fraction of sp³-hybridized carbons (Fsp3) is 0.600. The van der Waals surface area contributed by atoms with Crippen LogP contribution in [0.3, 0.4) is 0 Å². The van der Waals surface area contributed by atoms with Gasteiger partial charge in [0.1, 0.15) is 5.75 Å². The first-order valence-corrected chi connectivity index (χ1v) is 9.94. The molecule has 3 rings (SSSR count). The smallest absolute Gasteiger partial charge is 0.253 e. The van der Waals surface area contributed by atoms with Gasteiger partial charge in [-0.2, -0.15) is 0 Å². The van der Waals surface area contributed by atoms with Crippen LogP contribution in [0.1, 0.15) is 36.0 Å². The molecule has 1 N–H and O–H groups in total. The molecule has 2 aliphatic heterocycles. The average molecular weight is 395 g/mol. The number of nitrogens with one attached hydrogen (secondary N) is 1. The highest BCUT2D eigenvalue weighted by Gasteiger charge is 2.26. The summed E-state index contributed by atoms with van der Waals surface area (Å²) in [5, 5.41) is 3.53. The van der Waals surface area contributed by atoms with E-state index in [0.717, 1.165) is 25.7 Å². The predicted octanol–water partition coefficient (Wildman–Crippen LogP) is 2.74. The van der Waals surface area contributed by atoms with E-state index < -0.39 is 0 Å². The fourth-order valence-corrected chi connectivity index (χ4v) is 3.93. The lowest BCUT2D eigenvalue weighted by molar-refractivity contribution is -0.128. The molecule has 0 radical (unpaired) electrons. The largest absolute Gasteiger partial charge is 0.495 e. The van der Waals surface area contributed by atoms with Gasteiger partial charge in [0.15, 0.2) is 0 Å². The van der Waals surface area contributed by atoms with Crippen LogP contribution in [-0.4, -0.2) is 56.7 Å². The van der Waals surface area contributed by atoms with Gasteiger partial charge in [-0.25, -0.2) is 0 Å². The number of piperidine rings is 1. The second kappa shape index (κ2) is 9.42. The van der Waals surface area contributed by atoms with Crippen LogP contribution in [-0.2, 0) is 9.53 Å². The molecule has 0 unspecified atom stereocenters. The van der Waals surface area contributed by atoms with Crippen LogP contribution in [0.25, 0.3) is 0 Å². The van der Waals surface area contributed by atoms with Gasteiger partial charge in [-0.1, -0.05) is 11.6 Å². The minimum Gasteiger partial charge on any atom is -0.495 e. The fourth-order valence-electron chi connectivity index (χ4n) is 3.67. The number of hydrogen-bond acceptors (Lipinski definition) is 4. The molecular weight excluding hydrogens is 368 g/mol. The van der Waals surface area contributed by atoms with Crippen LogP contribution in [0, 0.1) is 11.8 Å². The zero-order valence-corrected chi connectivity index (χ0v) is 16.5. The monoisotopic (exact) mass is 394 g/mol. The van der Waals surface area contributed by atoms with Gasteiger partial charge >= 0.3 is 0 Å². The van der Waals surface area contributed by atoms with Crippen molar-refractivity contribution in [2.24, 2.45) is 11.8 Å². The zero-order chi connectivity index (χ0) is 19.2. The van der Waals surface area contributed by atoms with Crippen molar-refractivity contribution in [3.8, 4) is 5.75 Å². The Kier molecular flexibility index (Phi) is 6.96. The van der Waals surface area contributed by atoms with Gasteiger partial charge in [-0.15, -0.1) is 0 Å². The van der Waals surface area contributed by atoms with E-state index in [4.69, 9.17) is 21.1 Å². The molecule has 0 aliphatic carbocycles. The Morgan fingerprint density at radius 2 is 1.93 bits per heavy atom. The van der Waals surface area contributed by atoms with Gasteiger partial charge in [0.05, 0.1) is 12.1 Å². The van der Waals surface area contributed by atoms with Gasteiger partial charge in [0, 0.05) is 44.3 Å². The molecule has 2 aliphatic rings. The molecule has 0 atom stereocenters. The first-order valence-electron chi connectivity index (χ1n) is 9.56. The number of likely N-dealkylation sites (tertiary alicyclic amines) is 1. The molecule has 0 bridgehead atoms. The second-order valence-electron chi connectivity index (χ2n) is 7.22. The lowest BCUT2D eigenvalue weighted by Crippen LogP contribution is -2.43. The number of rotatable bonds is 5. The van der Waals surface area contributed by atoms with Crippen LogP contribution >= 0.6 is 11.6 Å². The van der Waals surface area contributed by atoms with E-state index in [2.05, 4.69) is 5.32 Å². The van der Waals surface area contributed by atoms with Crippen molar-refractivity contribution in [1.29, 1.82) is 0 Å². The van der Waals surface area contributed by atoms with E-state index in [0.29, 0.717) is 55.1 Å². The SMILES string of the molecule is COc1ccc(C(=O)N2CCC(CNC(=O)C3CCOCC3)CC2)cc1Cl. The Balaban J connectivity index is 1.45. The van der Waals surface area contributed by atoms with E-state index >= 15 is 0 Å². The molecule has 27 heavy (non-hydrogen) atoms. The van der Waals surface area contributed by atoms with Crippen molar-refractivity contribution in [1.82, 2.24) is 10.2 Å². The Hall–Kier alpha value is -1.79. The number of benzene rings is 1. The van der Waals surface area contributed by atoms with Crippen LogP contribution in [0.4, 0.5) is 0 Å². The molecule has 2 heterocycles. The number of carbonyl (C=O) groups is 2. The standard InChI is InChI=1S/C20H27ClN2O4/c1-26-18-3-2-16(12-17(18)21)20(25)23-8-4-14(5-9-23)13-22-19(24)15-6-10-27-11-7-15/h2-3,12,14-15H,4-11,13H2,1H3,(H,22,24). The van der Waals surface area contributed by atoms with Crippen LogP contribution in [0.15, 0.2) is 18.2 Å². The maximum absolute atomic E-state index is 12.7. The van der Waals surface area contributed by atoms with Crippen molar-refractivity contribution < 1.29 is 19.1 Å². The van der Waals surface area contributed by atoms with Crippen molar-refractivity contribution in [2.75, 3.05) is 40.0 Å². The van der Waals surface area contributed by atoms with Gasteiger partial charge in [0.2, 0.25) is 5.91 Å². The summed E-state index contributed by atoms with van der Waals surface area (Å²) in [6.07, 6.45) is 3.40. The molecule has 2 saturated heterocycles. The summed E-state index contributed by atoms with van der Waals surface area (Å²) in [6.45, 7) is 3.43. The van der Waals surface area contributed by atoms with E-state index in [9.17, 15) is 9.59 Å². The second-order valence-corrected chi connectivity index (χ2v) is 7.62. The Morgan fingerprint density at radius 1 is 1.22 bits per heavy atom. The highest BCUT2D eigenvalue weighted by molar-refractivity contribution is 6.32. The molecule has 148 valence electrons. The minimum atomic E-state index is -0.00996. The van der Waals surface area contributed by atoms with Crippen LogP contribution < -0.4 is 10.1 Å². The predicted molar refractivity (Wildman–Crippen MR) is 103 cm³/mol. The normalized spacial score (nSPS) is 19.0. The topological polar surface area (TPSA) is 67.9 Å². The third kappa shape index (κ3) is 5.14. The summed E-state index contributed by atoms with van der Waals surface area (Å²) in [4.78, 5) is 26.8. The van der Waals surface area contributed by atoms with E-state index in [1.807, 2.05) is 4.90 Å². The minimum absolute atomic E-state index is 0.00996. The summed E-state index contributed by atoms with van der Waals surface area (Å²) >= 11 is 6.13. The first kappa shape index (κ1) is 20.0. The highest BCUT2D eigenvalue weighted by atomic mass is 35.5. The Morgan fingerprint density at radius 3 is 2.56 bits per heavy atom. The third-order valence-corrected chi connectivity index (χ3v) is 5.75. The van der Waals surface area contributed by atoms with Gasteiger partial charge in [-0.3, -0.25) is 9.59 Å². The summed E-state index contributed by atoms with van der Waals surface area (Å²) in [5.74, 6) is 1.19. The summed E-state index contributed by atoms with van der Waals surface area (Å²) in [7, 11) is 1.55. The number of hydrogen-bond donors (Lipinski definition) is 1. The lowest BCUT2D eigenvalue weighted by Gasteiger charge is -2.32. The van der Waals surface area contributed by atoms with Crippen molar-refractivity contribution >= 4 is 23.4 Å². The van der Waals surface area contributed by atoms with E-state index in [-0.39, 0.29) is 17.7 Å². The molecule has 2 amide bonds. The molecule has 0 saturated carbocycles. The average Bonchev–Trinajstić information content (AvgIpc) is 2.72. The summed E-state index contributed by atoms with van der Waals surface area (Å²) in [6, 6.07) is 5.12. The van der Waals surface area contributed by atoms with Gasteiger partial charge in [-0.05, 0) is 49.8 Å². The number of amides is 2. The van der Waals surface area contributed by atoms with E-state index in [1.54, 1.807) is 25.3 Å². The number of ether oxygens (including phenoxy) is 2. The quantitative estimate of drug-likeness (QED) is 0.833. The zero-order valence-electron chi connectivity index (χ0n) is 15.7. The molecular formula is C20H27ClN2O4. The number of nitrogens with zero attached hydrogens (tertiary/aromatic N) is 1. The number of methoxy groups -OCH3 is 1. The summed E-state index contributed by atoms with van der Waals surface area (Å²) in [5.41, 5.74) is 0.576. The maximum Gasteiger partial charge on any atom is 0.253 e. The summed E-state index contributed by atoms with van der Waals surface area (Å²) < 4.78 is 10.4. The Bertz CT molecular complexity index is 668. The van der Waals surface area contributed by atoms with Crippen LogP contribution in [0.2, 0.25) is 5.02 Å². The molecule has 1 aromatic rings. The first-order chi connectivity index (χ1) is 13.1. The van der Waals surface area contributed by atoms with Crippen LogP contribution in [0.5, 0.6) is 5.75 Å². The molecule has 7 heteroatoms. The number of halogens is 1. The van der Waals surface area contributed by atoms with Gasteiger partial charge < -0.3 is 19.7 Å². The molecule has 0 spiro atoms. The van der Waals surface area contributed by atoms with Crippen molar-refractivity contribution in [2.45, 2.75) is 25.7 Å². The highest BCUT2D eigenvalue weighted by Crippen LogP contribution is 2.26.